The number of hydrogen-bond acceptors (Lipinski definition) is 5. The lowest BCUT2D eigenvalue weighted by Crippen LogP contribution is -1.98. The Morgan fingerprint density at radius 1 is 1.00 bits per heavy atom. The largest absolute Gasteiger partial charge is 0.481 e. The minimum Gasteiger partial charge on any atom is -0.481 e. The van der Waals surface area contributed by atoms with Gasteiger partial charge in [0.25, 0.3) is 0 Å². The average Bonchev–Trinajstić information content (AvgIpc) is 2.61. The quantitative estimate of drug-likeness (QED) is 0.783. The maximum Gasteiger partial charge on any atom is 0.221 e. The number of benzene rings is 1. The molecule has 5 nitrogen and oxygen atoms in total. The summed E-state index contributed by atoms with van der Waals surface area (Å²) in [6, 6.07) is 15.5. The van der Waals surface area contributed by atoms with Crippen molar-refractivity contribution in [1.82, 2.24) is 9.97 Å². The summed E-state index contributed by atoms with van der Waals surface area (Å²) in [5.41, 5.74) is 9.14. The molecule has 23 heavy (non-hydrogen) atoms. The van der Waals surface area contributed by atoms with E-state index in [-0.39, 0.29) is 0 Å². The molecule has 0 amide bonds. The molecule has 0 radical (unpaired) electrons. The van der Waals surface area contributed by atoms with E-state index < -0.39 is 0 Å². The Labute approximate surface area is 134 Å². The molecule has 0 aliphatic heterocycles. The molecule has 0 saturated heterocycles. The first-order valence-corrected chi connectivity index (χ1v) is 7.19. The van der Waals surface area contributed by atoms with Crippen molar-refractivity contribution >= 4 is 5.69 Å². The predicted octanol–water partition coefficient (Wildman–Crippen LogP) is 3.31. The van der Waals surface area contributed by atoms with Gasteiger partial charge in [0.05, 0.1) is 19.0 Å². The third-order valence-corrected chi connectivity index (χ3v) is 3.34. The van der Waals surface area contributed by atoms with Gasteiger partial charge in [-0.25, -0.2) is 9.97 Å². The Morgan fingerprint density at radius 3 is 2.52 bits per heavy atom. The van der Waals surface area contributed by atoms with Gasteiger partial charge in [0.1, 0.15) is 6.61 Å². The van der Waals surface area contributed by atoms with E-state index in [1.165, 1.54) is 0 Å². The van der Waals surface area contributed by atoms with Crippen LogP contribution in [-0.2, 0) is 6.61 Å². The fourth-order valence-electron chi connectivity index (χ4n) is 2.19. The molecular weight excluding hydrogens is 290 g/mol. The highest BCUT2D eigenvalue weighted by molar-refractivity contribution is 5.71. The van der Waals surface area contributed by atoms with E-state index in [4.69, 9.17) is 15.2 Å². The zero-order valence-corrected chi connectivity index (χ0v) is 12.8. The highest BCUT2D eigenvalue weighted by atomic mass is 16.5. The van der Waals surface area contributed by atoms with Crippen molar-refractivity contribution in [3.63, 3.8) is 0 Å². The zero-order chi connectivity index (χ0) is 16.1. The molecule has 0 unspecified atom stereocenters. The Bertz CT molecular complexity index is 774. The van der Waals surface area contributed by atoms with Crippen LogP contribution in [0.15, 0.2) is 60.9 Å². The highest BCUT2D eigenvalue weighted by Crippen LogP contribution is 2.29. The van der Waals surface area contributed by atoms with Crippen LogP contribution in [0.4, 0.5) is 5.69 Å². The first-order chi connectivity index (χ1) is 11.3. The minimum atomic E-state index is 0.482. The molecule has 2 heterocycles. The van der Waals surface area contributed by atoms with Crippen LogP contribution < -0.4 is 15.2 Å². The van der Waals surface area contributed by atoms with Crippen LogP contribution in [0, 0.1) is 0 Å². The second kappa shape index (κ2) is 6.79. The van der Waals surface area contributed by atoms with Gasteiger partial charge in [-0.05, 0) is 17.7 Å². The molecule has 116 valence electrons. The summed E-state index contributed by atoms with van der Waals surface area (Å²) in [4.78, 5) is 8.49. The first kappa shape index (κ1) is 14.8. The van der Waals surface area contributed by atoms with Crippen molar-refractivity contribution in [2.75, 3.05) is 12.8 Å². The number of aromatic nitrogens is 2. The summed E-state index contributed by atoms with van der Waals surface area (Å²) in [5, 5.41) is 0. The van der Waals surface area contributed by atoms with Crippen molar-refractivity contribution in [1.29, 1.82) is 0 Å². The number of anilines is 1. The maximum absolute atomic E-state index is 5.80. The topological polar surface area (TPSA) is 70.3 Å². The van der Waals surface area contributed by atoms with Crippen LogP contribution >= 0.6 is 0 Å². The SMILES string of the molecule is COc1ncc(N)cc1-c1ccc(OCc2ccccc2)nc1. The molecule has 2 aromatic heterocycles. The molecule has 0 aliphatic carbocycles. The van der Waals surface area contributed by atoms with E-state index in [1.807, 2.05) is 48.5 Å². The van der Waals surface area contributed by atoms with E-state index in [9.17, 15) is 0 Å². The Kier molecular flexibility index (Phi) is 4.38. The van der Waals surface area contributed by atoms with Crippen LogP contribution in [0.25, 0.3) is 11.1 Å². The van der Waals surface area contributed by atoms with Crippen molar-refractivity contribution < 1.29 is 9.47 Å². The Balaban J connectivity index is 1.76. The molecule has 0 saturated carbocycles. The number of nitrogens with zero attached hydrogens (tertiary/aromatic N) is 2. The molecule has 2 N–H and O–H groups in total. The second-order valence-corrected chi connectivity index (χ2v) is 4.98. The standard InChI is InChI=1S/C18H17N3O2/c1-22-18-16(9-15(19)11-21-18)14-7-8-17(20-10-14)23-12-13-5-3-2-4-6-13/h2-11H,12,19H2,1H3. The van der Waals surface area contributed by atoms with Gasteiger partial charge in [0.2, 0.25) is 11.8 Å². The molecule has 0 aliphatic rings. The van der Waals surface area contributed by atoms with Gasteiger partial charge in [-0.15, -0.1) is 0 Å². The van der Waals surface area contributed by atoms with Crippen LogP contribution in [0.1, 0.15) is 5.56 Å². The smallest absolute Gasteiger partial charge is 0.221 e. The van der Waals surface area contributed by atoms with Gasteiger partial charge < -0.3 is 15.2 Å². The summed E-state index contributed by atoms with van der Waals surface area (Å²) in [5.74, 6) is 1.08. The number of nitrogen functional groups attached to an aromatic ring is 1. The monoisotopic (exact) mass is 307 g/mol. The molecule has 0 atom stereocenters. The summed E-state index contributed by atoms with van der Waals surface area (Å²) in [7, 11) is 1.58. The van der Waals surface area contributed by atoms with Crippen LogP contribution in [0.3, 0.4) is 0 Å². The molecule has 0 fully saturated rings. The molecule has 0 spiro atoms. The summed E-state index contributed by atoms with van der Waals surface area (Å²) < 4.78 is 10.9. The lowest BCUT2D eigenvalue weighted by molar-refractivity contribution is 0.294. The van der Waals surface area contributed by atoms with Gasteiger partial charge >= 0.3 is 0 Å². The molecular formula is C18H17N3O2. The van der Waals surface area contributed by atoms with Crippen molar-refractivity contribution in [2.24, 2.45) is 0 Å². The predicted molar refractivity (Wildman–Crippen MR) is 89.2 cm³/mol. The maximum atomic E-state index is 5.80. The number of rotatable bonds is 5. The zero-order valence-electron chi connectivity index (χ0n) is 12.8. The number of ether oxygens (including phenoxy) is 2. The fourth-order valence-corrected chi connectivity index (χ4v) is 2.19. The van der Waals surface area contributed by atoms with E-state index in [1.54, 1.807) is 19.5 Å². The molecule has 0 bridgehead atoms. The molecule has 3 aromatic rings. The van der Waals surface area contributed by atoms with E-state index in [0.717, 1.165) is 16.7 Å². The summed E-state index contributed by atoms with van der Waals surface area (Å²) >= 11 is 0. The fraction of sp³-hybridized carbons (Fsp3) is 0.111. The van der Waals surface area contributed by atoms with Gasteiger partial charge in [-0.1, -0.05) is 30.3 Å². The lowest BCUT2D eigenvalue weighted by Gasteiger charge is -2.09. The molecule has 1 aromatic carbocycles. The number of nitrogens with two attached hydrogens (primary N) is 1. The number of hydrogen-bond donors (Lipinski definition) is 1. The summed E-state index contributed by atoms with van der Waals surface area (Å²) in [6.45, 7) is 0.482. The van der Waals surface area contributed by atoms with E-state index in [2.05, 4.69) is 9.97 Å². The highest BCUT2D eigenvalue weighted by Gasteiger charge is 2.09. The Morgan fingerprint density at radius 2 is 1.83 bits per heavy atom. The minimum absolute atomic E-state index is 0.482. The average molecular weight is 307 g/mol. The van der Waals surface area contributed by atoms with E-state index in [0.29, 0.717) is 24.1 Å². The Hall–Kier alpha value is -3.08. The second-order valence-electron chi connectivity index (χ2n) is 4.98. The third-order valence-electron chi connectivity index (χ3n) is 3.34. The van der Waals surface area contributed by atoms with Crippen molar-refractivity contribution in [3.8, 4) is 22.9 Å². The molecule has 3 rings (SSSR count). The van der Waals surface area contributed by atoms with E-state index >= 15 is 0 Å². The normalized spacial score (nSPS) is 10.3. The first-order valence-electron chi connectivity index (χ1n) is 7.19. The van der Waals surface area contributed by atoms with Crippen LogP contribution in [0.2, 0.25) is 0 Å². The van der Waals surface area contributed by atoms with Gasteiger partial charge in [0, 0.05) is 23.4 Å². The van der Waals surface area contributed by atoms with Crippen molar-refractivity contribution in [2.45, 2.75) is 6.61 Å². The lowest BCUT2D eigenvalue weighted by atomic mass is 10.1. The number of methoxy groups -OCH3 is 1. The van der Waals surface area contributed by atoms with Crippen molar-refractivity contribution in [3.05, 3.63) is 66.5 Å². The van der Waals surface area contributed by atoms with Gasteiger partial charge in [-0.2, -0.15) is 0 Å². The third kappa shape index (κ3) is 3.58. The molecule has 5 heteroatoms. The van der Waals surface area contributed by atoms with Crippen LogP contribution in [-0.4, -0.2) is 17.1 Å². The van der Waals surface area contributed by atoms with Gasteiger partial charge in [0.15, 0.2) is 0 Å². The van der Waals surface area contributed by atoms with Gasteiger partial charge in [-0.3, -0.25) is 0 Å². The van der Waals surface area contributed by atoms with Crippen LogP contribution in [0.5, 0.6) is 11.8 Å². The number of pyridine rings is 2. The summed E-state index contributed by atoms with van der Waals surface area (Å²) in [6.07, 6.45) is 3.28.